The standard InChI is InChI=1S/C18H17FN2O/c1-22-11-6-7-14(19)13(10-11)16-8-9-17-18(21-16)12-4-2-3-5-15(12)20-17/h6-10,20H,2-5H2,1H3. The van der Waals surface area contributed by atoms with Crippen LogP contribution in [-0.4, -0.2) is 17.1 Å². The van der Waals surface area contributed by atoms with Crippen molar-refractivity contribution in [2.24, 2.45) is 0 Å². The van der Waals surface area contributed by atoms with Gasteiger partial charge in [-0.15, -0.1) is 0 Å². The summed E-state index contributed by atoms with van der Waals surface area (Å²) in [6, 6.07) is 8.60. The quantitative estimate of drug-likeness (QED) is 0.767. The van der Waals surface area contributed by atoms with Crippen LogP contribution < -0.4 is 4.74 Å². The maximum absolute atomic E-state index is 14.2. The third kappa shape index (κ3) is 2.06. The average Bonchev–Trinajstić information content (AvgIpc) is 2.93. The number of H-pyrrole nitrogens is 1. The first kappa shape index (κ1) is 13.3. The van der Waals surface area contributed by atoms with E-state index in [2.05, 4.69) is 4.98 Å². The van der Waals surface area contributed by atoms with Crippen molar-refractivity contribution in [3.05, 3.63) is 47.4 Å². The zero-order valence-electron chi connectivity index (χ0n) is 12.4. The van der Waals surface area contributed by atoms with Crippen LogP contribution in [0.2, 0.25) is 0 Å². The van der Waals surface area contributed by atoms with Gasteiger partial charge in [-0.05, 0) is 61.6 Å². The summed E-state index contributed by atoms with van der Waals surface area (Å²) in [4.78, 5) is 8.18. The van der Waals surface area contributed by atoms with E-state index < -0.39 is 0 Å². The van der Waals surface area contributed by atoms with E-state index in [1.54, 1.807) is 19.2 Å². The molecule has 22 heavy (non-hydrogen) atoms. The Kier molecular flexibility index (Phi) is 3.10. The number of pyridine rings is 1. The molecule has 0 atom stereocenters. The summed E-state index contributed by atoms with van der Waals surface area (Å²) in [5.41, 5.74) is 5.74. The van der Waals surface area contributed by atoms with Gasteiger partial charge in [0.05, 0.1) is 23.8 Å². The van der Waals surface area contributed by atoms with Crippen molar-refractivity contribution in [2.75, 3.05) is 7.11 Å². The summed E-state index contributed by atoms with van der Waals surface area (Å²) in [6.45, 7) is 0. The van der Waals surface area contributed by atoms with Crippen LogP contribution in [0, 0.1) is 5.82 Å². The number of benzene rings is 1. The van der Waals surface area contributed by atoms with Gasteiger partial charge < -0.3 is 9.72 Å². The highest BCUT2D eigenvalue weighted by Gasteiger charge is 2.17. The molecule has 0 radical (unpaired) electrons. The van der Waals surface area contributed by atoms with Crippen LogP contribution in [0.1, 0.15) is 24.1 Å². The molecule has 0 bridgehead atoms. The lowest BCUT2D eigenvalue weighted by Gasteiger charge is -2.10. The summed E-state index contributed by atoms with van der Waals surface area (Å²) in [5, 5.41) is 0. The van der Waals surface area contributed by atoms with E-state index in [1.165, 1.54) is 30.2 Å². The van der Waals surface area contributed by atoms with E-state index >= 15 is 0 Å². The number of fused-ring (bicyclic) bond motifs is 3. The summed E-state index contributed by atoms with van der Waals surface area (Å²) in [5.74, 6) is 0.353. The number of rotatable bonds is 2. The van der Waals surface area contributed by atoms with Crippen LogP contribution in [0.25, 0.3) is 22.3 Å². The SMILES string of the molecule is COc1ccc(F)c(-c2ccc3[nH]c4c(c3n2)CCCC4)c1. The van der Waals surface area contributed by atoms with Crippen LogP contribution in [0.3, 0.4) is 0 Å². The van der Waals surface area contributed by atoms with Gasteiger partial charge in [-0.1, -0.05) is 0 Å². The number of nitrogens with one attached hydrogen (secondary N) is 1. The fourth-order valence-electron chi connectivity index (χ4n) is 3.23. The topological polar surface area (TPSA) is 37.9 Å². The lowest BCUT2D eigenvalue weighted by atomic mass is 9.97. The van der Waals surface area contributed by atoms with Gasteiger partial charge in [0.2, 0.25) is 0 Å². The Balaban J connectivity index is 1.89. The van der Waals surface area contributed by atoms with E-state index in [-0.39, 0.29) is 5.82 Å². The maximum Gasteiger partial charge on any atom is 0.132 e. The summed E-state index contributed by atoms with van der Waals surface area (Å²) < 4.78 is 19.3. The molecule has 0 aliphatic heterocycles. The normalized spacial score (nSPS) is 14.1. The summed E-state index contributed by atoms with van der Waals surface area (Å²) in [6.07, 6.45) is 4.54. The highest BCUT2D eigenvalue weighted by atomic mass is 19.1. The van der Waals surface area contributed by atoms with Crippen molar-refractivity contribution in [1.29, 1.82) is 0 Å². The predicted octanol–water partition coefficient (Wildman–Crippen LogP) is 4.26. The minimum absolute atomic E-state index is 0.281. The van der Waals surface area contributed by atoms with Crippen molar-refractivity contribution >= 4 is 11.0 Å². The Hall–Kier alpha value is -2.36. The lowest BCUT2D eigenvalue weighted by molar-refractivity contribution is 0.414. The van der Waals surface area contributed by atoms with Crippen LogP contribution >= 0.6 is 0 Å². The third-order valence-corrected chi connectivity index (χ3v) is 4.38. The van der Waals surface area contributed by atoms with E-state index in [9.17, 15) is 4.39 Å². The van der Waals surface area contributed by atoms with Crippen molar-refractivity contribution in [1.82, 2.24) is 9.97 Å². The van der Waals surface area contributed by atoms with Crippen LogP contribution in [0.15, 0.2) is 30.3 Å². The van der Waals surface area contributed by atoms with Gasteiger partial charge in [-0.3, -0.25) is 0 Å². The fraction of sp³-hybridized carbons (Fsp3) is 0.278. The van der Waals surface area contributed by atoms with Gasteiger partial charge in [0.25, 0.3) is 0 Å². The van der Waals surface area contributed by atoms with E-state index in [0.717, 1.165) is 23.9 Å². The number of methoxy groups -OCH3 is 1. The Labute approximate surface area is 128 Å². The van der Waals surface area contributed by atoms with Gasteiger partial charge in [-0.2, -0.15) is 0 Å². The molecule has 3 nitrogen and oxygen atoms in total. The first-order valence-electron chi connectivity index (χ1n) is 7.60. The Morgan fingerprint density at radius 3 is 2.86 bits per heavy atom. The molecule has 112 valence electrons. The van der Waals surface area contributed by atoms with Gasteiger partial charge in [0.1, 0.15) is 11.6 Å². The Morgan fingerprint density at radius 2 is 2.00 bits per heavy atom. The molecule has 4 rings (SSSR count). The molecular weight excluding hydrogens is 279 g/mol. The van der Waals surface area contributed by atoms with Gasteiger partial charge in [-0.25, -0.2) is 9.37 Å². The molecule has 1 N–H and O–H groups in total. The summed E-state index contributed by atoms with van der Waals surface area (Å²) >= 11 is 0. The average molecular weight is 296 g/mol. The van der Waals surface area contributed by atoms with E-state index in [0.29, 0.717) is 17.0 Å². The van der Waals surface area contributed by atoms with E-state index in [4.69, 9.17) is 9.72 Å². The molecule has 0 unspecified atom stereocenters. The minimum Gasteiger partial charge on any atom is -0.497 e. The molecule has 0 saturated heterocycles. The molecule has 1 aliphatic carbocycles. The molecule has 0 spiro atoms. The maximum atomic E-state index is 14.2. The number of nitrogens with zero attached hydrogens (tertiary/aromatic N) is 1. The van der Waals surface area contributed by atoms with Gasteiger partial charge >= 0.3 is 0 Å². The highest BCUT2D eigenvalue weighted by Crippen LogP contribution is 2.31. The Bertz CT molecular complexity index is 854. The molecule has 2 aromatic heterocycles. The smallest absolute Gasteiger partial charge is 0.132 e. The zero-order chi connectivity index (χ0) is 15.1. The second-order valence-electron chi connectivity index (χ2n) is 5.73. The molecule has 0 saturated carbocycles. The molecule has 0 amide bonds. The fourth-order valence-corrected chi connectivity index (χ4v) is 3.23. The number of hydrogen-bond donors (Lipinski definition) is 1. The highest BCUT2D eigenvalue weighted by molar-refractivity contribution is 5.83. The Morgan fingerprint density at radius 1 is 1.14 bits per heavy atom. The first-order chi connectivity index (χ1) is 10.8. The number of aryl methyl sites for hydroxylation is 2. The second kappa shape index (κ2) is 5.13. The third-order valence-electron chi connectivity index (χ3n) is 4.38. The first-order valence-corrected chi connectivity index (χ1v) is 7.60. The van der Waals surface area contributed by atoms with Crippen LogP contribution in [0.4, 0.5) is 4.39 Å². The molecule has 2 heterocycles. The molecule has 4 heteroatoms. The van der Waals surface area contributed by atoms with Crippen LogP contribution in [0.5, 0.6) is 5.75 Å². The van der Waals surface area contributed by atoms with Crippen molar-refractivity contribution in [3.8, 4) is 17.0 Å². The number of aromatic nitrogens is 2. The van der Waals surface area contributed by atoms with Crippen LogP contribution in [-0.2, 0) is 12.8 Å². The molecule has 1 aliphatic rings. The minimum atomic E-state index is -0.281. The number of ether oxygens (including phenoxy) is 1. The molecule has 3 aromatic rings. The largest absolute Gasteiger partial charge is 0.497 e. The number of halogens is 1. The lowest BCUT2D eigenvalue weighted by Crippen LogP contribution is -2.00. The van der Waals surface area contributed by atoms with Gasteiger partial charge in [0, 0.05) is 11.3 Å². The van der Waals surface area contributed by atoms with Crippen molar-refractivity contribution < 1.29 is 9.13 Å². The number of aromatic amines is 1. The predicted molar refractivity (Wildman–Crippen MR) is 84.7 cm³/mol. The van der Waals surface area contributed by atoms with E-state index in [1.807, 2.05) is 12.1 Å². The monoisotopic (exact) mass is 296 g/mol. The summed E-state index contributed by atoms with van der Waals surface area (Å²) in [7, 11) is 1.58. The molecule has 1 aromatic carbocycles. The van der Waals surface area contributed by atoms with Crippen molar-refractivity contribution in [3.63, 3.8) is 0 Å². The number of hydrogen-bond acceptors (Lipinski definition) is 2. The second-order valence-corrected chi connectivity index (χ2v) is 5.73. The zero-order valence-corrected chi connectivity index (χ0v) is 12.4. The molecular formula is C18H17FN2O. The molecule has 0 fully saturated rings. The van der Waals surface area contributed by atoms with Crippen molar-refractivity contribution in [2.45, 2.75) is 25.7 Å². The van der Waals surface area contributed by atoms with Gasteiger partial charge in [0.15, 0.2) is 0 Å².